The summed E-state index contributed by atoms with van der Waals surface area (Å²) in [5, 5.41) is 5.86. The van der Waals surface area contributed by atoms with E-state index in [4.69, 9.17) is 4.74 Å². The Kier molecular flexibility index (Phi) is 11.1. The Morgan fingerprint density at radius 3 is 2.12 bits per heavy atom. The molecule has 0 saturated carbocycles. The van der Waals surface area contributed by atoms with Gasteiger partial charge in [-0.15, -0.1) is 0 Å². The molecule has 0 fully saturated rings. The van der Waals surface area contributed by atoms with E-state index in [0.717, 1.165) is 23.1 Å². The molecule has 3 amide bonds. The molecule has 3 rings (SSSR count). The number of nitrogens with one attached hydrogen (secondary N) is 2. The van der Waals surface area contributed by atoms with E-state index in [-0.39, 0.29) is 18.2 Å². The van der Waals surface area contributed by atoms with Gasteiger partial charge in [-0.1, -0.05) is 91.7 Å². The first-order chi connectivity index (χ1) is 19.5. The zero-order valence-corrected chi connectivity index (χ0v) is 25.1. The smallest absolute Gasteiger partial charge is 0.408 e. The van der Waals surface area contributed by atoms with Crippen molar-refractivity contribution in [2.24, 2.45) is 0 Å². The number of para-hydroxylation sites is 1. The van der Waals surface area contributed by atoms with Gasteiger partial charge >= 0.3 is 6.09 Å². The summed E-state index contributed by atoms with van der Waals surface area (Å²) < 4.78 is 5.51. The summed E-state index contributed by atoms with van der Waals surface area (Å²) in [5.74, 6) is -0.665. The van der Waals surface area contributed by atoms with Crippen molar-refractivity contribution in [1.29, 1.82) is 0 Å². The molecule has 0 radical (unpaired) electrons. The van der Waals surface area contributed by atoms with Crippen LogP contribution in [0.15, 0.2) is 78.9 Å². The summed E-state index contributed by atoms with van der Waals surface area (Å²) in [7, 11) is 0. The lowest BCUT2D eigenvalue weighted by atomic mass is 9.99. The van der Waals surface area contributed by atoms with Crippen LogP contribution in [-0.4, -0.2) is 41.0 Å². The van der Waals surface area contributed by atoms with E-state index in [1.54, 1.807) is 25.7 Å². The van der Waals surface area contributed by atoms with Crippen LogP contribution < -0.4 is 10.6 Å². The number of hydrogen-bond acceptors (Lipinski definition) is 4. The fourth-order valence-electron chi connectivity index (χ4n) is 4.53. The van der Waals surface area contributed by atoms with E-state index in [0.29, 0.717) is 24.2 Å². The SMILES string of the molecule is CCCCN(C(=O)C(Cc1ccccc1)NC(=O)OC(C)(C)C)C(C(=O)Nc1ccccc1C)c1ccc(C)cc1. The van der Waals surface area contributed by atoms with E-state index < -0.39 is 23.8 Å². The third-order valence-corrected chi connectivity index (χ3v) is 6.66. The summed E-state index contributed by atoms with van der Waals surface area (Å²) >= 11 is 0. The fraction of sp³-hybridized carbons (Fsp3) is 0.382. The highest BCUT2D eigenvalue weighted by Crippen LogP contribution is 2.27. The molecule has 2 N–H and O–H groups in total. The first-order valence-corrected chi connectivity index (χ1v) is 14.3. The molecule has 0 saturated heterocycles. The number of benzene rings is 3. The van der Waals surface area contributed by atoms with Crippen LogP contribution in [0, 0.1) is 13.8 Å². The van der Waals surface area contributed by atoms with Crippen molar-refractivity contribution in [3.05, 3.63) is 101 Å². The number of carbonyl (C=O) groups is 3. The predicted molar refractivity (Wildman–Crippen MR) is 164 cm³/mol. The molecule has 3 aromatic rings. The van der Waals surface area contributed by atoms with Crippen LogP contribution in [0.25, 0.3) is 0 Å². The topological polar surface area (TPSA) is 87.7 Å². The predicted octanol–water partition coefficient (Wildman–Crippen LogP) is 6.75. The zero-order valence-electron chi connectivity index (χ0n) is 25.1. The molecule has 2 unspecified atom stereocenters. The Bertz CT molecular complexity index is 1300. The minimum absolute atomic E-state index is 0.252. The average Bonchev–Trinajstić information content (AvgIpc) is 2.92. The molecule has 0 aromatic heterocycles. The number of amides is 3. The molecule has 0 aliphatic heterocycles. The lowest BCUT2D eigenvalue weighted by Gasteiger charge is -2.35. The molecule has 7 nitrogen and oxygen atoms in total. The summed E-state index contributed by atoms with van der Waals surface area (Å²) in [6.45, 7) is 11.6. The molecule has 0 spiro atoms. The zero-order chi connectivity index (χ0) is 30.0. The van der Waals surface area contributed by atoms with Gasteiger partial charge in [-0.05, 0) is 63.8 Å². The van der Waals surface area contributed by atoms with Crippen molar-refractivity contribution in [2.45, 2.75) is 78.5 Å². The van der Waals surface area contributed by atoms with Crippen molar-refractivity contribution in [1.82, 2.24) is 10.2 Å². The molecule has 41 heavy (non-hydrogen) atoms. The Morgan fingerprint density at radius 1 is 0.878 bits per heavy atom. The van der Waals surface area contributed by atoms with Gasteiger partial charge in [-0.3, -0.25) is 9.59 Å². The first kappa shape index (κ1) is 31.4. The number of aryl methyl sites for hydroxylation is 2. The number of nitrogens with zero attached hydrogens (tertiary/aromatic N) is 1. The molecule has 7 heteroatoms. The third kappa shape index (κ3) is 9.48. The van der Waals surface area contributed by atoms with Gasteiger partial charge in [0.25, 0.3) is 5.91 Å². The number of hydrogen-bond donors (Lipinski definition) is 2. The number of rotatable bonds is 11. The summed E-state index contributed by atoms with van der Waals surface area (Å²) in [6.07, 6.45) is 1.09. The average molecular weight is 558 g/mol. The van der Waals surface area contributed by atoms with Crippen molar-refractivity contribution in [3.8, 4) is 0 Å². The maximum absolute atomic E-state index is 14.4. The van der Waals surface area contributed by atoms with Gasteiger partial charge in [0.2, 0.25) is 5.91 Å². The van der Waals surface area contributed by atoms with E-state index >= 15 is 0 Å². The lowest BCUT2D eigenvalue weighted by molar-refractivity contribution is -0.140. The number of anilines is 1. The second-order valence-electron chi connectivity index (χ2n) is 11.4. The van der Waals surface area contributed by atoms with E-state index in [2.05, 4.69) is 10.6 Å². The van der Waals surface area contributed by atoms with Crippen LogP contribution in [0.5, 0.6) is 0 Å². The summed E-state index contributed by atoms with van der Waals surface area (Å²) in [4.78, 5) is 43.0. The molecule has 3 aromatic carbocycles. The standard InChI is InChI=1S/C34H43N3O4/c1-7-8-22-37(32(39)29(23-26-15-10-9-11-16-26)36-33(40)41-34(4,5)6)30(27-20-18-24(2)19-21-27)31(38)35-28-17-13-12-14-25(28)3/h9-21,29-30H,7-8,22-23H2,1-6H3,(H,35,38)(H,36,40). The van der Waals surface area contributed by atoms with Crippen molar-refractivity contribution < 1.29 is 19.1 Å². The largest absolute Gasteiger partial charge is 0.444 e. The van der Waals surface area contributed by atoms with Crippen LogP contribution in [0.1, 0.15) is 68.8 Å². The van der Waals surface area contributed by atoms with Crippen molar-refractivity contribution in [3.63, 3.8) is 0 Å². The van der Waals surface area contributed by atoms with E-state index in [9.17, 15) is 14.4 Å². The number of alkyl carbamates (subject to hydrolysis) is 1. The third-order valence-electron chi connectivity index (χ3n) is 6.66. The molecular weight excluding hydrogens is 514 g/mol. The molecule has 218 valence electrons. The Labute approximate surface area is 244 Å². The van der Waals surface area contributed by atoms with Crippen LogP contribution in [-0.2, 0) is 20.7 Å². The fourth-order valence-corrected chi connectivity index (χ4v) is 4.53. The highest BCUT2D eigenvalue weighted by molar-refractivity contribution is 5.99. The Hall–Kier alpha value is -4.13. The monoisotopic (exact) mass is 557 g/mol. The molecule has 2 atom stereocenters. The Balaban J connectivity index is 2.05. The molecule has 0 bridgehead atoms. The second kappa shape index (κ2) is 14.5. The van der Waals surface area contributed by atoms with E-state index in [1.807, 2.05) is 99.6 Å². The molecule has 0 aliphatic carbocycles. The summed E-state index contributed by atoms with van der Waals surface area (Å²) in [6, 6.07) is 22.9. The number of ether oxygens (including phenoxy) is 1. The van der Waals surface area contributed by atoms with Crippen molar-refractivity contribution in [2.75, 3.05) is 11.9 Å². The number of unbranched alkanes of at least 4 members (excludes halogenated alkanes) is 1. The highest BCUT2D eigenvalue weighted by Gasteiger charge is 2.36. The minimum atomic E-state index is -0.941. The first-order valence-electron chi connectivity index (χ1n) is 14.3. The second-order valence-corrected chi connectivity index (χ2v) is 11.4. The van der Waals surface area contributed by atoms with E-state index in [1.165, 1.54) is 0 Å². The van der Waals surface area contributed by atoms with Crippen LogP contribution >= 0.6 is 0 Å². The van der Waals surface area contributed by atoms with Gasteiger partial charge in [0.1, 0.15) is 17.7 Å². The highest BCUT2D eigenvalue weighted by atomic mass is 16.6. The van der Waals surface area contributed by atoms with Crippen molar-refractivity contribution >= 4 is 23.6 Å². The maximum atomic E-state index is 14.4. The minimum Gasteiger partial charge on any atom is -0.444 e. The van der Waals surface area contributed by atoms with Gasteiger partial charge in [-0.2, -0.15) is 0 Å². The van der Waals surface area contributed by atoms with Gasteiger partial charge in [0.15, 0.2) is 0 Å². The maximum Gasteiger partial charge on any atom is 0.408 e. The Morgan fingerprint density at radius 2 is 1.51 bits per heavy atom. The lowest BCUT2D eigenvalue weighted by Crippen LogP contribution is -2.53. The summed E-state index contributed by atoms with van der Waals surface area (Å²) in [5.41, 5.74) is 3.50. The van der Waals surface area contributed by atoms with Gasteiger partial charge < -0.3 is 20.3 Å². The van der Waals surface area contributed by atoms with Crippen LogP contribution in [0.4, 0.5) is 10.5 Å². The molecular formula is C34H43N3O4. The number of carbonyl (C=O) groups excluding carboxylic acids is 3. The molecule has 0 heterocycles. The van der Waals surface area contributed by atoms with Gasteiger partial charge in [-0.25, -0.2) is 4.79 Å². The van der Waals surface area contributed by atoms with Gasteiger partial charge in [0, 0.05) is 18.7 Å². The van der Waals surface area contributed by atoms with Crippen LogP contribution in [0.3, 0.4) is 0 Å². The normalized spacial score (nSPS) is 12.6. The molecule has 0 aliphatic rings. The quantitative estimate of drug-likeness (QED) is 0.273. The van der Waals surface area contributed by atoms with Gasteiger partial charge in [0.05, 0.1) is 0 Å². The van der Waals surface area contributed by atoms with Crippen LogP contribution in [0.2, 0.25) is 0 Å².